The standard InChI is InChI=1S/C6H2Cl5N/c7-4-1-3(6(9,10)11)2-5(8)12-4/h1-2H. The minimum absolute atomic E-state index is 0.198. The van der Waals surface area contributed by atoms with Gasteiger partial charge in [0.15, 0.2) is 0 Å². The maximum atomic E-state index is 5.59. The van der Waals surface area contributed by atoms with Gasteiger partial charge in [0.25, 0.3) is 0 Å². The number of hydrogen-bond donors (Lipinski definition) is 0. The minimum atomic E-state index is -1.52. The van der Waals surface area contributed by atoms with E-state index in [2.05, 4.69) is 4.98 Å². The van der Waals surface area contributed by atoms with Gasteiger partial charge in [-0.25, -0.2) is 4.98 Å². The molecule has 1 nitrogen and oxygen atoms in total. The van der Waals surface area contributed by atoms with Gasteiger partial charge >= 0.3 is 0 Å². The van der Waals surface area contributed by atoms with Crippen LogP contribution in [0.3, 0.4) is 0 Å². The Bertz CT molecular complexity index is 272. The Kier molecular flexibility index (Phi) is 3.35. The fraction of sp³-hybridized carbons (Fsp3) is 0.167. The van der Waals surface area contributed by atoms with E-state index >= 15 is 0 Å². The molecule has 0 atom stereocenters. The molecular formula is C6H2Cl5N. The van der Waals surface area contributed by atoms with E-state index in [-0.39, 0.29) is 10.3 Å². The van der Waals surface area contributed by atoms with Gasteiger partial charge < -0.3 is 0 Å². The van der Waals surface area contributed by atoms with Crippen molar-refractivity contribution < 1.29 is 0 Å². The highest BCUT2D eigenvalue weighted by Crippen LogP contribution is 2.39. The summed E-state index contributed by atoms with van der Waals surface area (Å²) in [5.41, 5.74) is 0.400. The predicted molar refractivity (Wildman–Crippen MR) is 53.5 cm³/mol. The maximum absolute atomic E-state index is 5.59. The fourth-order valence-corrected chi connectivity index (χ4v) is 1.42. The third-order valence-corrected chi connectivity index (χ3v) is 2.13. The SMILES string of the molecule is Clc1cc(C(Cl)(Cl)Cl)cc(Cl)n1. The number of hydrogen-bond acceptors (Lipinski definition) is 1. The average molecular weight is 265 g/mol. The summed E-state index contributed by atoms with van der Waals surface area (Å²) in [6, 6.07) is 2.89. The molecule has 12 heavy (non-hydrogen) atoms. The van der Waals surface area contributed by atoms with Gasteiger partial charge in [0, 0.05) is 5.56 Å². The molecular weight excluding hydrogens is 263 g/mol. The lowest BCUT2D eigenvalue weighted by molar-refractivity contribution is 1.19. The molecule has 0 aliphatic carbocycles. The van der Waals surface area contributed by atoms with Crippen LogP contribution in [0, 0.1) is 0 Å². The van der Waals surface area contributed by atoms with Gasteiger partial charge in [-0.3, -0.25) is 0 Å². The van der Waals surface area contributed by atoms with Gasteiger partial charge in [-0.2, -0.15) is 0 Å². The molecule has 0 aliphatic rings. The Morgan fingerprint density at radius 1 is 1.00 bits per heavy atom. The Morgan fingerprint density at radius 3 is 1.75 bits per heavy atom. The van der Waals surface area contributed by atoms with Gasteiger partial charge in [-0.05, 0) is 12.1 Å². The molecule has 0 saturated carbocycles. The highest BCUT2D eigenvalue weighted by atomic mass is 35.6. The molecule has 0 bridgehead atoms. The van der Waals surface area contributed by atoms with Crippen LogP contribution in [-0.4, -0.2) is 4.98 Å². The predicted octanol–water partition coefficient (Wildman–Crippen LogP) is 4.22. The van der Waals surface area contributed by atoms with Crippen molar-refractivity contribution in [2.45, 2.75) is 3.79 Å². The van der Waals surface area contributed by atoms with Crippen LogP contribution in [0.1, 0.15) is 5.56 Å². The molecule has 0 fully saturated rings. The zero-order valence-electron chi connectivity index (χ0n) is 5.49. The van der Waals surface area contributed by atoms with E-state index in [1.165, 1.54) is 12.1 Å². The van der Waals surface area contributed by atoms with Crippen molar-refractivity contribution in [3.05, 3.63) is 28.0 Å². The van der Waals surface area contributed by atoms with Crippen molar-refractivity contribution in [2.75, 3.05) is 0 Å². The molecule has 0 amide bonds. The van der Waals surface area contributed by atoms with Gasteiger partial charge in [0.1, 0.15) is 10.3 Å². The Balaban J connectivity index is 3.18. The lowest BCUT2D eigenvalue weighted by Crippen LogP contribution is -2.00. The van der Waals surface area contributed by atoms with Crippen LogP contribution in [0.4, 0.5) is 0 Å². The van der Waals surface area contributed by atoms with Crippen LogP contribution in [0.2, 0.25) is 10.3 Å². The average Bonchev–Trinajstić information content (AvgIpc) is 1.82. The molecule has 0 unspecified atom stereocenters. The van der Waals surface area contributed by atoms with Crippen molar-refractivity contribution in [1.29, 1.82) is 0 Å². The van der Waals surface area contributed by atoms with Gasteiger partial charge in [-0.1, -0.05) is 58.0 Å². The maximum Gasteiger partial charge on any atom is 0.216 e. The Labute approximate surface area is 94.5 Å². The number of nitrogens with zero attached hydrogens (tertiary/aromatic N) is 1. The molecule has 1 aromatic rings. The van der Waals surface area contributed by atoms with Crippen LogP contribution in [0.25, 0.3) is 0 Å². The highest BCUT2D eigenvalue weighted by Gasteiger charge is 2.23. The number of aromatic nitrogens is 1. The largest absolute Gasteiger partial charge is 0.224 e. The first-order valence-corrected chi connectivity index (χ1v) is 4.69. The van der Waals surface area contributed by atoms with Crippen molar-refractivity contribution in [1.82, 2.24) is 4.98 Å². The van der Waals surface area contributed by atoms with Crippen LogP contribution in [0.5, 0.6) is 0 Å². The lowest BCUT2D eigenvalue weighted by Gasteiger charge is -2.10. The van der Waals surface area contributed by atoms with E-state index in [1.54, 1.807) is 0 Å². The highest BCUT2D eigenvalue weighted by molar-refractivity contribution is 6.66. The normalized spacial score (nSPS) is 11.8. The first-order valence-electron chi connectivity index (χ1n) is 2.80. The van der Waals surface area contributed by atoms with E-state index in [0.717, 1.165) is 0 Å². The summed E-state index contributed by atoms with van der Waals surface area (Å²) in [6.07, 6.45) is 0. The summed E-state index contributed by atoms with van der Waals surface area (Å²) in [7, 11) is 0. The summed E-state index contributed by atoms with van der Waals surface area (Å²) in [6.45, 7) is 0. The molecule has 0 radical (unpaired) electrons. The summed E-state index contributed by atoms with van der Waals surface area (Å²) in [5.74, 6) is 0. The fourth-order valence-electron chi connectivity index (χ4n) is 0.629. The first-order chi connectivity index (χ1) is 5.39. The number of pyridine rings is 1. The molecule has 0 aliphatic heterocycles. The van der Waals surface area contributed by atoms with Crippen LogP contribution in [0.15, 0.2) is 12.1 Å². The number of halogens is 5. The van der Waals surface area contributed by atoms with Gasteiger partial charge in [0.05, 0.1) is 0 Å². The zero-order valence-corrected chi connectivity index (χ0v) is 9.27. The van der Waals surface area contributed by atoms with Crippen molar-refractivity contribution in [3.63, 3.8) is 0 Å². The van der Waals surface area contributed by atoms with E-state index in [0.29, 0.717) is 5.56 Å². The topological polar surface area (TPSA) is 12.9 Å². The Hall–Kier alpha value is 0.600. The molecule has 0 saturated heterocycles. The van der Waals surface area contributed by atoms with Crippen LogP contribution < -0.4 is 0 Å². The molecule has 1 aromatic heterocycles. The van der Waals surface area contributed by atoms with Crippen LogP contribution >= 0.6 is 58.0 Å². The Morgan fingerprint density at radius 2 is 1.42 bits per heavy atom. The van der Waals surface area contributed by atoms with Gasteiger partial charge in [0.2, 0.25) is 3.79 Å². The van der Waals surface area contributed by atoms with Crippen molar-refractivity contribution in [2.24, 2.45) is 0 Å². The van der Waals surface area contributed by atoms with E-state index in [9.17, 15) is 0 Å². The third kappa shape index (κ3) is 2.82. The lowest BCUT2D eigenvalue weighted by atomic mass is 10.3. The van der Waals surface area contributed by atoms with E-state index in [1.807, 2.05) is 0 Å². The van der Waals surface area contributed by atoms with Crippen molar-refractivity contribution in [3.8, 4) is 0 Å². The summed E-state index contributed by atoms with van der Waals surface area (Å²) in [4.78, 5) is 3.70. The second-order valence-electron chi connectivity index (χ2n) is 2.00. The molecule has 0 N–H and O–H groups in total. The number of rotatable bonds is 0. The zero-order chi connectivity index (χ0) is 9.35. The van der Waals surface area contributed by atoms with Crippen LogP contribution in [-0.2, 0) is 3.79 Å². The molecule has 1 rings (SSSR count). The molecule has 0 spiro atoms. The summed E-state index contributed by atoms with van der Waals surface area (Å²) in [5, 5.41) is 0.396. The monoisotopic (exact) mass is 263 g/mol. The molecule has 6 heteroatoms. The summed E-state index contributed by atoms with van der Waals surface area (Å²) < 4.78 is -1.52. The first kappa shape index (κ1) is 10.7. The second-order valence-corrected chi connectivity index (χ2v) is 5.05. The summed E-state index contributed by atoms with van der Waals surface area (Å²) >= 11 is 27.9. The molecule has 1 heterocycles. The van der Waals surface area contributed by atoms with Crippen molar-refractivity contribution >= 4 is 58.0 Å². The molecule has 66 valence electrons. The number of alkyl halides is 3. The molecule has 0 aromatic carbocycles. The smallest absolute Gasteiger partial charge is 0.216 e. The minimum Gasteiger partial charge on any atom is -0.224 e. The van der Waals surface area contributed by atoms with Gasteiger partial charge in [-0.15, -0.1) is 0 Å². The van der Waals surface area contributed by atoms with E-state index < -0.39 is 3.79 Å². The second kappa shape index (κ2) is 3.77. The third-order valence-electron chi connectivity index (χ3n) is 1.09. The quantitative estimate of drug-likeness (QED) is 0.505. The van der Waals surface area contributed by atoms with E-state index in [4.69, 9.17) is 58.0 Å².